The summed E-state index contributed by atoms with van der Waals surface area (Å²) in [6.07, 6.45) is 4.04. The minimum atomic E-state index is -3.67. The molecule has 0 fully saturated rings. The van der Waals surface area contributed by atoms with Gasteiger partial charge in [-0.25, -0.2) is 0 Å². The topological polar surface area (TPSA) is 247 Å². The summed E-state index contributed by atoms with van der Waals surface area (Å²) in [5.74, 6) is 0.826. The summed E-state index contributed by atoms with van der Waals surface area (Å²) in [6, 6.07) is 19.6. The van der Waals surface area contributed by atoms with Crippen molar-refractivity contribution in [1.29, 1.82) is 15.9 Å². The lowest BCUT2D eigenvalue weighted by atomic mass is 10.1. The summed E-state index contributed by atoms with van der Waals surface area (Å²) >= 11 is 5.44. The largest absolute Gasteiger partial charge is 0.379 e. The second kappa shape index (κ2) is 21.6. The van der Waals surface area contributed by atoms with Gasteiger partial charge in [-0.3, -0.25) is 14.1 Å². The van der Waals surface area contributed by atoms with Crippen molar-refractivity contribution in [3.8, 4) is 12.1 Å². The lowest BCUT2D eigenvalue weighted by Gasteiger charge is -2.02. The normalized spacial score (nSPS) is 10.0. The van der Waals surface area contributed by atoms with Gasteiger partial charge in [0.1, 0.15) is 0 Å². The summed E-state index contributed by atoms with van der Waals surface area (Å²) in [5.41, 5.74) is 18.7. The van der Waals surface area contributed by atoms with Crippen molar-refractivity contribution >= 4 is 54.5 Å². The second-order valence-corrected chi connectivity index (χ2v) is 12.4. The predicted octanol–water partition coefficient (Wildman–Crippen LogP) is 1.89. The van der Waals surface area contributed by atoms with Crippen LogP contribution < -0.4 is 17.2 Å². The van der Waals surface area contributed by atoms with E-state index < -0.39 is 20.2 Å². The lowest BCUT2D eigenvalue weighted by Crippen LogP contribution is -2.18. The molecule has 12 nitrogen and oxygen atoms in total. The molecule has 0 atom stereocenters. The molecule has 0 heterocycles. The minimum absolute atomic E-state index is 0.000000000000000222. The van der Waals surface area contributed by atoms with Gasteiger partial charge in [0, 0.05) is 5.75 Å². The number of hydrogen-bond donors (Lipinski definition) is 5. The third-order valence-corrected chi connectivity index (χ3v) is 5.26. The first kappa shape index (κ1) is 38.9. The average molecular weight is 631 g/mol. The van der Waals surface area contributed by atoms with E-state index in [9.17, 15) is 16.8 Å². The SMILES string of the molecule is CS(=O)(=O)O.CS(=O)(=O)OCCc1ccc(CC#N)cc1.N#CCc1ccc(CCSC(=N)N)cc1.NC(N)=S. The summed E-state index contributed by atoms with van der Waals surface area (Å²) in [7, 11) is -7.02. The van der Waals surface area contributed by atoms with Crippen LogP contribution in [0.2, 0.25) is 0 Å². The van der Waals surface area contributed by atoms with Gasteiger partial charge in [0.25, 0.3) is 20.2 Å². The van der Waals surface area contributed by atoms with Crippen molar-refractivity contribution < 1.29 is 25.6 Å². The molecule has 0 aliphatic heterocycles. The number of nitriles is 2. The monoisotopic (exact) mass is 630 g/mol. The quantitative estimate of drug-likeness (QED) is 0.0874. The highest BCUT2D eigenvalue weighted by Crippen LogP contribution is 2.09. The van der Waals surface area contributed by atoms with Crippen molar-refractivity contribution in [2.45, 2.75) is 25.7 Å². The van der Waals surface area contributed by atoms with Crippen molar-refractivity contribution in [2.75, 3.05) is 24.9 Å². The maximum absolute atomic E-state index is 10.7. The number of amidine groups is 1. The van der Waals surface area contributed by atoms with E-state index >= 15 is 0 Å². The molecule has 0 spiro atoms. The van der Waals surface area contributed by atoms with Crippen LogP contribution in [-0.2, 0) is 50.1 Å². The molecular weight excluding hydrogens is 597 g/mol. The van der Waals surface area contributed by atoms with Gasteiger partial charge in [0.2, 0.25) is 0 Å². The molecule has 2 aromatic rings. The molecule has 0 aliphatic rings. The Balaban J connectivity index is 0. The zero-order valence-corrected chi connectivity index (χ0v) is 25.4. The molecule has 2 aromatic carbocycles. The van der Waals surface area contributed by atoms with Crippen LogP contribution in [0.1, 0.15) is 22.3 Å². The molecule has 0 aliphatic carbocycles. The van der Waals surface area contributed by atoms with Crippen molar-refractivity contribution in [3.05, 3.63) is 70.8 Å². The van der Waals surface area contributed by atoms with Crippen LogP contribution in [0.3, 0.4) is 0 Å². The van der Waals surface area contributed by atoms with Gasteiger partial charge < -0.3 is 17.2 Å². The third kappa shape index (κ3) is 31.0. The number of nitrogens with zero attached hydrogens (tertiary/aromatic N) is 2. The van der Waals surface area contributed by atoms with Gasteiger partial charge in [-0.05, 0) is 47.3 Å². The molecule has 0 aromatic heterocycles. The standard InChI is InChI=1S/C11H13N3S.C11H13NO3S.CH4N2S.CH4O3S/c12-7-5-9-1-3-10(4-2-9)6-8-15-11(13)14;1-16(13,14)15-9-7-11-4-2-10(3-5-11)6-8-12;2-1(3)4;1-5(2,3)4/h1-4H,5-6,8H2,(H3,13,14);2-5H,6-7,9H2,1H3;(H4,2,3,4);1H3,(H,2,3,4). The Morgan fingerprint density at radius 3 is 1.50 bits per heavy atom. The first-order valence-electron chi connectivity index (χ1n) is 11.1. The van der Waals surface area contributed by atoms with Crippen molar-refractivity contribution in [2.24, 2.45) is 17.2 Å². The second-order valence-electron chi connectivity index (χ2n) is 7.68. The van der Waals surface area contributed by atoms with E-state index in [0.29, 0.717) is 25.5 Å². The number of thiocarbonyl (C=S) groups is 1. The Bertz CT molecular complexity index is 1320. The van der Waals surface area contributed by atoms with Crippen LogP contribution in [0.25, 0.3) is 0 Å². The first-order chi connectivity index (χ1) is 18.5. The fraction of sp³-hybridized carbons (Fsp3) is 0.333. The fourth-order valence-corrected chi connectivity index (χ4v) is 3.36. The summed E-state index contributed by atoms with van der Waals surface area (Å²) in [6.45, 7) is 0.149. The van der Waals surface area contributed by atoms with E-state index in [1.54, 1.807) is 0 Å². The van der Waals surface area contributed by atoms with E-state index in [1.165, 1.54) is 17.3 Å². The number of aryl methyl sites for hydroxylation is 1. The van der Waals surface area contributed by atoms with Crippen molar-refractivity contribution in [1.82, 2.24) is 0 Å². The lowest BCUT2D eigenvalue weighted by molar-refractivity contribution is 0.326. The van der Waals surface area contributed by atoms with Gasteiger partial charge in [-0.2, -0.15) is 27.4 Å². The highest BCUT2D eigenvalue weighted by atomic mass is 32.2. The Labute approximate surface area is 245 Å². The molecule has 0 unspecified atom stereocenters. The van der Waals surface area contributed by atoms with Crippen LogP contribution in [-0.4, -0.2) is 56.5 Å². The molecule has 0 radical (unpaired) electrons. The predicted molar refractivity (Wildman–Crippen MR) is 163 cm³/mol. The van der Waals surface area contributed by atoms with Crippen LogP contribution >= 0.6 is 24.0 Å². The van der Waals surface area contributed by atoms with Crippen molar-refractivity contribution in [3.63, 3.8) is 0 Å². The molecule has 8 N–H and O–H groups in total. The zero-order chi connectivity index (χ0) is 31.2. The Morgan fingerprint density at radius 1 is 0.875 bits per heavy atom. The number of thioether (sulfide) groups is 1. The van der Waals surface area contributed by atoms with Crippen LogP contribution in [0.5, 0.6) is 0 Å². The summed E-state index contributed by atoms with van der Waals surface area (Å²) in [4.78, 5) is 0. The Hall–Kier alpha value is -3.25. The maximum Gasteiger partial charge on any atom is 0.264 e. The van der Waals surface area contributed by atoms with Gasteiger partial charge in [-0.1, -0.05) is 60.3 Å². The number of nitrogens with two attached hydrogens (primary N) is 3. The molecule has 0 saturated heterocycles. The molecule has 2 rings (SSSR count). The minimum Gasteiger partial charge on any atom is -0.379 e. The molecule has 16 heteroatoms. The zero-order valence-electron chi connectivity index (χ0n) is 22.1. The average Bonchev–Trinajstić information content (AvgIpc) is 2.80. The van der Waals surface area contributed by atoms with E-state index in [2.05, 4.69) is 40.0 Å². The fourth-order valence-electron chi connectivity index (χ4n) is 2.42. The first-order valence-corrected chi connectivity index (χ1v) is 16.2. The van der Waals surface area contributed by atoms with Crippen LogP contribution in [0.15, 0.2) is 48.5 Å². The van der Waals surface area contributed by atoms with E-state index in [4.69, 9.17) is 26.2 Å². The highest BCUT2D eigenvalue weighted by Gasteiger charge is 2.02. The summed E-state index contributed by atoms with van der Waals surface area (Å²) in [5, 5.41) is 24.2. The smallest absolute Gasteiger partial charge is 0.264 e. The van der Waals surface area contributed by atoms with Gasteiger partial charge >= 0.3 is 0 Å². The Morgan fingerprint density at radius 2 is 1.20 bits per heavy atom. The van der Waals surface area contributed by atoms with E-state index in [1.807, 2.05) is 48.5 Å². The number of hydrogen-bond acceptors (Lipinski definition) is 10. The third-order valence-electron chi connectivity index (χ3n) is 3.95. The Kier molecular flexibility index (Phi) is 21.0. The number of benzene rings is 2. The molecule has 40 heavy (non-hydrogen) atoms. The number of rotatable bonds is 9. The molecular formula is C24H34N6O6S4. The molecule has 0 amide bonds. The summed E-state index contributed by atoms with van der Waals surface area (Å²) < 4.78 is 51.9. The maximum atomic E-state index is 10.7. The van der Waals surface area contributed by atoms with Gasteiger partial charge in [0.15, 0.2) is 10.3 Å². The number of nitrogens with one attached hydrogen (secondary N) is 1. The van der Waals surface area contributed by atoms with E-state index in [0.717, 1.165) is 35.1 Å². The van der Waals surface area contributed by atoms with Gasteiger partial charge in [-0.15, -0.1) is 0 Å². The molecule has 0 saturated carbocycles. The van der Waals surface area contributed by atoms with Gasteiger partial charge in [0.05, 0.1) is 44.1 Å². The highest BCUT2D eigenvalue weighted by molar-refractivity contribution is 8.13. The molecule has 220 valence electrons. The molecule has 0 bridgehead atoms. The van der Waals surface area contributed by atoms with Crippen LogP contribution in [0, 0.1) is 28.1 Å². The van der Waals surface area contributed by atoms with E-state index in [-0.39, 0.29) is 16.9 Å². The van der Waals surface area contributed by atoms with Crippen LogP contribution in [0.4, 0.5) is 0 Å².